The summed E-state index contributed by atoms with van der Waals surface area (Å²) in [5, 5.41) is 14.4. The smallest absolute Gasteiger partial charge is 0.141 e. The number of thiazole rings is 1. The summed E-state index contributed by atoms with van der Waals surface area (Å²) in [6.45, 7) is 13.1. The summed E-state index contributed by atoms with van der Waals surface area (Å²) < 4.78 is 12.1. The minimum atomic E-state index is -0.336. The molecule has 2 aliphatic rings. The second-order valence-electron chi connectivity index (χ2n) is 14.3. The second-order valence-corrected chi connectivity index (χ2v) is 16.3. The summed E-state index contributed by atoms with van der Waals surface area (Å²) in [6.07, 6.45) is 6.93. The van der Waals surface area contributed by atoms with Gasteiger partial charge in [0.15, 0.2) is 0 Å². The number of aryl methyl sites for hydroxylation is 5. The normalized spacial score (nSPS) is 23.4. The van der Waals surface area contributed by atoms with E-state index in [2.05, 4.69) is 86.6 Å². The summed E-state index contributed by atoms with van der Waals surface area (Å²) in [4.78, 5) is 16.8. The summed E-state index contributed by atoms with van der Waals surface area (Å²) in [5.74, 6) is 2.31. The number of aliphatic hydroxyl groups is 1. The van der Waals surface area contributed by atoms with Crippen LogP contribution in [0.25, 0.3) is 0 Å². The predicted octanol–water partition coefficient (Wildman–Crippen LogP) is 9.68. The molecule has 0 spiro atoms. The first kappa shape index (κ1) is 46.7. The molecule has 280 valence electrons. The van der Waals surface area contributed by atoms with Crippen LogP contribution in [0.3, 0.4) is 0 Å². The fraction of sp³-hybridized carbons (Fsp3) is 0.465. The fourth-order valence-corrected chi connectivity index (χ4v) is 8.89. The van der Waals surface area contributed by atoms with Crippen molar-refractivity contribution in [2.24, 2.45) is 23.7 Å². The molecule has 10 heteroatoms. The van der Waals surface area contributed by atoms with Gasteiger partial charge < -0.3 is 37.8 Å². The minimum Gasteiger partial charge on any atom is -0.493 e. The van der Waals surface area contributed by atoms with Crippen LogP contribution in [-0.4, -0.2) is 45.9 Å². The van der Waals surface area contributed by atoms with Crippen molar-refractivity contribution in [3.63, 3.8) is 0 Å². The number of carbonyl (C=O) groups is 1. The van der Waals surface area contributed by atoms with Crippen LogP contribution < -0.4 is 9.47 Å². The molecule has 0 amide bonds. The molecule has 1 aromatic heterocycles. The average Bonchev–Trinajstić information content (AvgIpc) is 3.79. The Kier molecular flexibility index (Phi) is 20.2. The van der Waals surface area contributed by atoms with Gasteiger partial charge in [-0.25, -0.2) is 0 Å². The number of ether oxygens (including phenoxy) is 2. The molecule has 5 nitrogen and oxygen atoms in total. The molecule has 0 saturated heterocycles. The van der Waals surface area contributed by atoms with Gasteiger partial charge in [0.05, 0.1) is 25.2 Å². The standard InChI is InChI=1S/C23H26ClO2.C20H25ClNO2S.2Y/c1-4-17-6-5-7-18(11-17)12-19-20(22(25)13-21(19)24)14-26-23-9-8-15(2)10-16(23)3;1-13-6-7-14(2)19(10-13)24-12-16-15(18(23)11-17(16)21)4-3-5-20-22-8-9-25-20;;/h5-11,19-21H,1,4,12-14H2,2-3H3;6-8,10,15-18,23H,3-5,11-12H2,1-2H3;;/q2*-1;;/t19-,20-,21?;15-,16-,17?,18?;;/m11../s1. The van der Waals surface area contributed by atoms with Crippen LogP contribution >= 0.6 is 34.5 Å². The van der Waals surface area contributed by atoms with Gasteiger partial charge in [-0.1, -0.05) is 83.7 Å². The zero-order valence-electron chi connectivity index (χ0n) is 31.4. The van der Waals surface area contributed by atoms with E-state index in [1.54, 1.807) is 17.5 Å². The molecule has 2 fully saturated rings. The van der Waals surface area contributed by atoms with Gasteiger partial charge in [-0.05, 0) is 93.2 Å². The van der Waals surface area contributed by atoms with Gasteiger partial charge in [0.1, 0.15) is 17.3 Å². The van der Waals surface area contributed by atoms with Crippen LogP contribution in [-0.2, 0) is 89.5 Å². The number of hydrogen-bond acceptors (Lipinski definition) is 6. The van der Waals surface area contributed by atoms with E-state index in [1.165, 1.54) is 22.3 Å². The van der Waals surface area contributed by atoms with E-state index in [4.69, 9.17) is 32.7 Å². The van der Waals surface area contributed by atoms with Gasteiger partial charge in [-0.3, -0.25) is 4.79 Å². The molecular formula is C43H51Cl2NO4SY2-2. The number of nitrogens with zero attached hydrogens (tertiary/aromatic N) is 1. The van der Waals surface area contributed by atoms with Crippen molar-refractivity contribution in [1.82, 2.24) is 4.98 Å². The zero-order chi connectivity index (χ0) is 36.5. The van der Waals surface area contributed by atoms with Crippen molar-refractivity contribution in [2.45, 2.75) is 89.5 Å². The first-order chi connectivity index (χ1) is 24.5. The summed E-state index contributed by atoms with van der Waals surface area (Å²) in [6, 6.07) is 20.7. The van der Waals surface area contributed by atoms with Gasteiger partial charge >= 0.3 is 0 Å². The monoisotopic (exact) mass is 925 g/mol. The number of aromatic nitrogens is 1. The molecule has 0 aliphatic heterocycles. The molecule has 53 heavy (non-hydrogen) atoms. The number of halogens is 2. The van der Waals surface area contributed by atoms with E-state index in [-0.39, 0.29) is 112 Å². The van der Waals surface area contributed by atoms with Crippen molar-refractivity contribution in [2.75, 3.05) is 13.2 Å². The van der Waals surface area contributed by atoms with Crippen LogP contribution in [0, 0.1) is 63.7 Å². The molecule has 6 rings (SSSR count). The fourth-order valence-electron chi connectivity index (χ4n) is 7.44. The molecule has 1 heterocycles. The summed E-state index contributed by atoms with van der Waals surface area (Å²) in [7, 11) is 0. The number of carbonyl (C=O) groups excluding carboxylic acids is 1. The van der Waals surface area contributed by atoms with E-state index in [0.717, 1.165) is 59.7 Å². The number of alkyl halides is 2. The third kappa shape index (κ3) is 13.4. The Morgan fingerprint density at radius 3 is 2.30 bits per heavy atom. The van der Waals surface area contributed by atoms with Gasteiger partial charge in [-0.15, -0.1) is 23.2 Å². The number of benzene rings is 3. The third-order valence-corrected chi connectivity index (χ3v) is 12.2. The third-order valence-electron chi connectivity index (χ3n) is 10.4. The van der Waals surface area contributed by atoms with Gasteiger partial charge in [0.2, 0.25) is 0 Å². The SMILES string of the molecule is Cc1ccc(C)c(OC[C@H]2C(Cl)CC(O)[C@@H]2CCCc2nc[c-]s2)c1.[CH2-]Cc1cccc(C[C@H]2C(Cl)CC(=O)[C@@H]2COc2ccc(C)cc2C)c1.[Y].[Y]. The molecule has 7 atom stereocenters. The van der Waals surface area contributed by atoms with Crippen molar-refractivity contribution in [3.8, 4) is 11.5 Å². The minimum absolute atomic E-state index is 0. The molecule has 2 radical (unpaired) electrons. The zero-order valence-corrected chi connectivity index (χ0v) is 39.4. The first-order valence-electron chi connectivity index (χ1n) is 18.1. The van der Waals surface area contributed by atoms with Crippen LogP contribution in [0.2, 0.25) is 0 Å². The number of rotatable bonds is 13. The molecule has 4 aromatic rings. The Morgan fingerprint density at radius 1 is 0.868 bits per heavy atom. The van der Waals surface area contributed by atoms with E-state index < -0.39 is 0 Å². The van der Waals surface area contributed by atoms with Gasteiger partial charge in [0.25, 0.3) is 0 Å². The van der Waals surface area contributed by atoms with Crippen molar-refractivity contribution < 1.29 is 84.8 Å². The van der Waals surface area contributed by atoms with Crippen molar-refractivity contribution in [1.29, 1.82) is 0 Å². The maximum atomic E-state index is 12.5. The molecule has 1 N–H and O–H groups in total. The van der Waals surface area contributed by atoms with Crippen LogP contribution in [0.4, 0.5) is 0 Å². The number of hydrogen-bond donors (Lipinski definition) is 1. The average molecular weight is 927 g/mol. The first-order valence-corrected chi connectivity index (χ1v) is 19.8. The van der Waals surface area contributed by atoms with E-state index in [9.17, 15) is 9.90 Å². The Labute approximate surface area is 381 Å². The molecule has 0 bridgehead atoms. The largest absolute Gasteiger partial charge is 0.493 e. The summed E-state index contributed by atoms with van der Waals surface area (Å²) in [5.41, 5.74) is 7.04. The molecule has 3 unspecified atom stereocenters. The van der Waals surface area contributed by atoms with Gasteiger partial charge in [0, 0.05) is 88.5 Å². The second kappa shape index (κ2) is 22.9. The number of aliphatic hydroxyl groups excluding tert-OH is 1. The van der Waals surface area contributed by atoms with Crippen LogP contribution in [0.1, 0.15) is 64.1 Å². The van der Waals surface area contributed by atoms with E-state index in [0.29, 0.717) is 26.1 Å². The van der Waals surface area contributed by atoms with Crippen molar-refractivity contribution in [3.05, 3.63) is 118 Å². The quantitative estimate of drug-likeness (QED) is 0.107. The van der Waals surface area contributed by atoms with Crippen LogP contribution in [0.15, 0.2) is 66.9 Å². The maximum absolute atomic E-state index is 12.5. The Hall–Kier alpha value is -0.692. The van der Waals surface area contributed by atoms with Crippen molar-refractivity contribution >= 4 is 40.3 Å². The van der Waals surface area contributed by atoms with E-state index in [1.807, 2.05) is 19.1 Å². The Bertz CT molecular complexity index is 1720. The summed E-state index contributed by atoms with van der Waals surface area (Å²) >= 11 is 14.6. The van der Waals surface area contributed by atoms with Crippen LogP contribution in [0.5, 0.6) is 11.5 Å². The number of ketones is 1. The maximum Gasteiger partial charge on any atom is 0.141 e. The Morgan fingerprint density at radius 2 is 1.58 bits per heavy atom. The molecule has 2 saturated carbocycles. The Balaban J connectivity index is 0.000000275. The topological polar surface area (TPSA) is 68.7 Å². The molecular weight excluding hydrogens is 875 g/mol. The molecule has 2 aliphatic carbocycles. The number of Topliss-reactive ketones (excluding diaryl/α,β-unsaturated/α-hetero) is 1. The molecule has 3 aromatic carbocycles. The van der Waals surface area contributed by atoms with Gasteiger partial charge in [-0.2, -0.15) is 11.8 Å². The van der Waals surface area contributed by atoms with E-state index >= 15 is 0 Å². The predicted molar refractivity (Wildman–Crippen MR) is 209 cm³/mol.